The summed E-state index contributed by atoms with van der Waals surface area (Å²) in [4.78, 5) is 27.9. The number of anilines is 3. The predicted molar refractivity (Wildman–Crippen MR) is 125 cm³/mol. The van der Waals surface area contributed by atoms with Gasteiger partial charge in [-0.1, -0.05) is 25.1 Å². The van der Waals surface area contributed by atoms with Gasteiger partial charge in [-0.2, -0.15) is 0 Å². The van der Waals surface area contributed by atoms with Crippen LogP contribution in [-0.2, 0) is 16.0 Å². The van der Waals surface area contributed by atoms with Gasteiger partial charge in [0, 0.05) is 36.4 Å². The third kappa shape index (κ3) is 5.04. The molecule has 176 valence electrons. The van der Waals surface area contributed by atoms with E-state index in [0.29, 0.717) is 49.5 Å². The second-order valence-electron chi connectivity index (χ2n) is 8.11. The highest BCUT2D eigenvalue weighted by atomic mass is 16.5. The van der Waals surface area contributed by atoms with Gasteiger partial charge in [-0.25, -0.2) is 9.69 Å². The fraction of sp³-hybridized carbons (Fsp3) is 0.417. The van der Waals surface area contributed by atoms with Crippen LogP contribution in [0.3, 0.4) is 0 Å². The molecule has 1 saturated heterocycles. The van der Waals surface area contributed by atoms with Gasteiger partial charge in [0.2, 0.25) is 5.91 Å². The molecular formula is C24H30N4O5. The Morgan fingerprint density at radius 1 is 1.21 bits per heavy atom. The largest absolute Gasteiger partial charge is 0.472 e. The minimum atomic E-state index is -0.722. The fourth-order valence-corrected chi connectivity index (χ4v) is 4.35. The number of rotatable bonds is 6. The highest BCUT2D eigenvalue weighted by Crippen LogP contribution is 2.39. The van der Waals surface area contributed by atoms with Gasteiger partial charge >= 0.3 is 6.09 Å². The van der Waals surface area contributed by atoms with E-state index < -0.39 is 18.5 Å². The number of amides is 2. The average molecular weight is 455 g/mol. The lowest BCUT2D eigenvalue weighted by molar-refractivity contribution is -0.116. The maximum atomic E-state index is 11.9. The fourth-order valence-electron chi connectivity index (χ4n) is 4.35. The Balaban J connectivity index is 1.57. The number of aliphatic hydroxyl groups excluding tert-OH is 1. The smallest absolute Gasteiger partial charge is 0.411 e. The zero-order valence-corrected chi connectivity index (χ0v) is 18.9. The number of nitrogens with one attached hydrogen (secondary N) is 2. The van der Waals surface area contributed by atoms with Gasteiger partial charge in [-0.05, 0) is 37.1 Å². The summed E-state index contributed by atoms with van der Waals surface area (Å²) in [7, 11) is 1.30. The molecule has 2 heterocycles. The Labute approximate surface area is 193 Å². The van der Waals surface area contributed by atoms with Crippen molar-refractivity contribution >= 4 is 29.1 Å². The molecular weight excluding hydrogens is 424 g/mol. The molecule has 1 fully saturated rings. The van der Waals surface area contributed by atoms with E-state index in [0.717, 1.165) is 17.8 Å². The van der Waals surface area contributed by atoms with Crippen LogP contribution in [0.2, 0.25) is 0 Å². The van der Waals surface area contributed by atoms with Crippen LogP contribution in [0.15, 0.2) is 42.5 Å². The van der Waals surface area contributed by atoms with Crippen molar-refractivity contribution in [2.75, 3.05) is 42.3 Å². The number of hydrogen-bond acceptors (Lipinski definition) is 7. The summed E-state index contributed by atoms with van der Waals surface area (Å²) in [5.74, 6) is 0.434. The van der Waals surface area contributed by atoms with Crippen molar-refractivity contribution in [3.63, 3.8) is 0 Å². The van der Waals surface area contributed by atoms with Crippen LogP contribution in [0.25, 0.3) is 0 Å². The van der Waals surface area contributed by atoms with Gasteiger partial charge in [0.05, 0.1) is 19.3 Å². The number of benzene rings is 2. The second-order valence-corrected chi connectivity index (χ2v) is 8.11. The number of para-hydroxylation sites is 1. The number of carbonyl (C=O) groups excluding carboxylic acids is 2. The van der Waals surface area contributed by atoms with Crippen LogP contribution in [0.1, 0.15) is 25.3 Å². The molecule has 9 heteroatoms. The molecule has 4 rings (SSSR count). The Hall–Kier alpha value is -3.30. The van der Waals surface area contributed by atoms with Crippen molar-refractivity contribution in [2.45, 2.75) is 38.6 Å². The highest BCUT2D eigenvalue weighted by Gasteiger charge is 2.33. The standard InChI is InChI=1S/C24H30N4O5/c1-3-22(28-14-13-27(15-21(28)30)16-7-5-4-6-8-16)33-23-17-9-12-20(29)25-18(17)10-11-19(23)26-24(31)32-2/h4-8,10-11,21-22,30H,3,9,12-15H2,1-2H3,(H,25,29)(H,26,31). The van der Waals surface area contributed by atoms with E-state index >= 15 is 0 Å². The van der Waals surface area contributed by atoms with E-state index in [2.05, 4.69) is 15.5 Å². The molecule has 2 aliphatic heterocycles. The summed E-state index contributed by atoms with van der Waals surface area (Å²) in [6.07, 6.45) is -0.297. The van der Waals surface area contributed by atoms with Crippen LogP contribution in [0.4, 0.5) is 21.9 Å². The number of ether oxygens (including phenoxy) is 2. The van der Waals surface area contributed by atoms with Crippen molar-refractivity contribution in [3.8, 4) is 5.75 Å². The first-order chi connectivity index (χ1) is 16.0. The molecule has 0 saturated carbocycles. The molecule has 2 amide bonds. The van der Waals surface area contributed by atoms with Gasteiger partial charge in [-0.15, -0.1) is 0 Å². The number of carbonyl (C=O) groups is 2. The number of fused-ring (bicyclic) bond motifs is 1. The molecule has 0 aliphatic carbocycles. The first-order valence-electron chi connectivity index (χ1n) is 11.2. The number of nitrogens with zero attached hydrogens (tertiary/aromatic N) is 2. The predicted octanol–water partition coefficient (Wildman–Crippen LogP) is 3.01. The summed E-state index contributed by atoms with van der Waals surface area (Å²) in [5, 5.41) is 16.5. The second kappa shape index (κ2) is 10.1. The summed E-state index contributed by atoms with van der Waals surface area (Å²) < 4.78 is 11.2. The van der Waals surface area contributed by atoms with Gasteiger partial charge in [0.25, 0.3) is 0 Å². The molecule has 9 nitrogen and oxygen atoms in total. The van der Waals surface area contributed by atoms with Crippen molar-refractivity contribution in [3.05, 3.63) is 48.0 Å². The van der Waals surface area contributed by atoms with Crippen molar-refractivity contribution in [1.29, 1.82) is 0 Å². The molecule has 33 heavy (non-hydrogen) atoms. The number of β-amino-alcohol motifs (C(OH)–C–C–N with tert-alkyl or cyclic N) is 1. The van der Waals surface area contributed by atoms with Crippen LogP contribution in [0, 0.1) is 0 Å². The minimum absolute atomic E-state index is 0.0541. The molecule has 2 aromatic carbocycles. The number of aliphatic hydroxyl groups is 1. The lowest BCUT2D eigenvalue weighted by Crippen LogP contribution is -2.58. The Morgan fingerprint density at radius 2 is 2.00 bits per heavy atom. The van der Waals surface area contributed by atoms with Gasteiger partial charge in [0.1, 0.15) is 6.23 Å². The lowest BCUT2D eigenvalue weighted by atomic mass is 10.0. The van der Waals surface area contributed by atoms with E-state index in [1.165, 1.54) is 7.11 Å². The number of piperazine rings is 1. The number of hydrogen-bond donors (Lipinski definition) is 3. The van der Waals surface area contributed by atoms with E-state index in [4.69, 9.17) is 9.47 Å². The molecule has 2 unspecified atom stereocenters. The Morgan fingerprint density at radius 3 is 2.70 bits per heavy atom. The molecule has 0 radical (unpaired) electrons. The third-order valence-corrected chi connectivity index (χ3v) is 6.05. The molecule has 2 aliphatic rings. The van der Waals surface area contributed by atoms with E-state index in [9.17, 15) is 14.7 Å². The zero-order chi connectivity index (χ0) is 23.4. The van der Waals surface area contributed by atoms with E-state index in [-0.39, 0.29) is 5.91 Å². The van der Waals surface area contributed by atoms with E-state index in [1.54, 1.807) is 12.1 Å². The van der Waals surface area contributed by atoms with Crippen LogP contribution in [-0.4, -0.2) is 61.2 Å². The molecule has 0 aromatic heterocycles. The normalized spacial score (nSPS) is 19.3. The highest BCUT2D eigenvalue weighted by molar-refractivity contribution is 5.96. The van der Waals surface area contributed by atoms with Gasteiger partial charge < -0.3 is 24.8 Å². The van der Waals surface area contributed by atoms with Crippen LogP contribution in [0.5, 0.6) is 5.75 Å². The van der Waals surface area contributed by atoms with Crippen LogP contribution >= 0.6 is 0 Å². The topological polar surface area (TPSA) is 103 Å². The maximum Gasteiger partial charge on any atom is 0.411 e. The molecule has 0 spiro atoms. The van der Waals surface area contributed by atoms with Gasteiger partial charge in [0.15, 0.2) is 12.0 Å². The van der Waals surface area contributed by atoms with Gasteiger partial charge in [-0.3, -0.25) is 10.1 Å². The first kappa shape index (κ1) is 22.9. The summed E-state index contributed by atoms with van der Waals surface area (Å²) in [6, 6.07) is 13.4. The number of methoxy groups -OCH3 is 1. The Bertz CT molecular complexity index is 1000. The summed E-state index contributed by atoms with van der Waals surface area (Å²) in [6.45, 7) is 3.81. The minimum Gasteiger partial charge on any atom is -0.472 e. The average Bonchev–Trinajstić information content (AvgIpc) is 2.84. The Kier molecular flexibility index (Phi) is 7.00. The molecule has 0 bridgehead atoms. The SMILES string of the molecule is CCC(Oc1c(NC(=O)OC)ccc2c1CCC(=O)N2)N1CCN(c2ccccc2)CC1O. The lowest BCUT2D eigenvalue weighted by Gasteiger charge is -2.43. The first-order valence-corrected chi connectivity index (χ1v) is 11.2. The molecule has 2 aromatic rings. The maximum absolute atomic E-state index is 11.9. The van der Waals surface area contributed by atoms with Crippen molar-refractivity contribution in [2.24, 2.45) is 0 Å². The van der Waals surface area contributed by atoms with Crippen molar-refractivity contribution < 1.29 is 24.2 Å². The van der Waals surface area contributed by atoms with E-state index in [1.807, 2.05) is 42.2 Å². The summed E-state index contributed by atoms with van der Waals surface area (Å²) >= 11 is 0. The molecule has 3 N–H and O–H groups in total. The third-order valence-electron chi connectivity index (χ3n) is 6.05. The quantitative estimate of drug-likeness (QED) is 0.617. The van der Waals surface area contributed by atoms with Crippen LogP contribution < -0.4 is 20.3 Å². The van der Waals surface area contributed by atoms with Crippen molar-refractivity contribution in [1.82, 2.24) is 4.90 Å². The monoisotopic (exact) mass is 454 g/mol. The summed E-state index contributed by atoms with van der Waals surface area (Å²) in [5.41, 5.74) is 3.02. The molecule has 2 atom stereocenters. The zero-order valence-electron chi connectivity index (χ0n) is 18.9.